The van der Waals surface area contributed by atoms with Gasteiger partial charge in [0.05, 0.1) is 12.8 Å². The third-order valence-corrected chi connectivity index (χ3v) is 4.68. The van der Waals surface area contributed by atoms with Gasteiger partial charge in [-0.25, -0.2) is 5.43 Å². The van der Waals surface area contributed by atoms with Crippen LogP contribution in [0.15, 0.2) is 53.6 Å². The van der Waals surface area contributed by atoms with Crippen LogP contribution in [0.4, 0.5) is 5.69 Å². The lowest BCUT2D eigenvalue weighted by molar-refractivity contribution is 0.0955. The number of amides is 1. The molecule has 26 heavy (non-hydrogen) atoms. The Bertz CT molecular complexity index is 761. The SMILES string of the molecule is COc1ccc(C(=O)N/N=C(\C)c2ccc(N3CCCCC3)cc2)cc1. The number of piperidine rings is 1. The number of rotatable bonds is 5. The second-order valence-electron chi connectivity index (χ2n) is 6.46. The summed E-state index contributed by atoms with van der Waals surface area (Å²) in [6.07, 6.45) is 3.85. The van der Waals surface area contributed by atoms with Crippen LogP contribution in [0.5, 0.6) is 5.75 Å². The van der Waals surface area contributed by atoms with Gasteiger partial charge in [0.15, 0.2) is 0 Å². The van der Waals surface area contributed by atoms with Crippen molar-refractivity contribution >= 4 is 17.3 Å². The number of carbonyl (C=O) groups excluding carboxylic acids is 1. The maximum Gasteiger partial charge on any atom is 0.271 e. The Morgan fingerprint density at radius 2 is 1.58 bits per heavy atom. The highest BCUT2D eigenvalue weighted by Gasteiger charge is 2.11. The van der Waals surface area contributed by atoms with Crippen molar-refractivity contribution in [2.45, 2.75) is 26.2 Å². The molecule has 3 rings (SSSR count). The van der Waals surface area contributed by atoms with E-state index in [4.69, 9.17) is 4.74 Å². The molecule has 1 fully saturated rings. The number of benzene rings is 2. The van der Waals surface area contributed by atoms with Gasteiger partial charge in [0, 0.05) is 24.3 Å². The second kappa shape index (κ2) is 8.52. The molecule has 0 unspecified atom stereocenters. The van der Waals surface area contributed by atoms with Gasteiger partial charge in [-0.15, -0.1) is 0 Å². The van der Waals surface area contributed by atoms with Gasteiger partial charge < -0.3 is 9.64 Å². The number of hydrogen-bond donors (Lipinski definition) is 1. The van der Waals surface area contributed by atoms with Crippen LogP contribution in [0.3, 0.4) is 0 Å². The minimum atomic E-state index is -0.239. The summed E-state index contributed by atoms with van der Waals surface area (Å²) in [4.78, 5) is 14.6. The molecular formula is C21H25N3O2. The average Bonchev–Trinajstić information content (AvgIpc) is 2.72. The number of anilines is 1. The summed E-state index contributed by atoms with van der Waals surface area (Å²) < 4.78 is 5.10. The quantitative estimate of drug-likeness (QED) is 0.658. The van der Waals surface area contributed by atoms with Crippen molar-refractivity contribution in [3.05, 3.63) is 59.7 Å². The zero-order valence-corrected chi connectivity index (χ0v) is 15.4. The van der Waals surface area contributed by atoms with E-state index in [1.807, 2.05) is 6.92 Å². The number of nitrogens with zero attached hydrogens (tertiary/aromatic N) is 2. The first-order valence-corrected chi connectivity index (χ1v) is 9.01. The van der Waals surface area contributed by atoms with Crippen LogP contribution in [0.1, 0.15) is 42.1 Å². The number of hydrogen-bond acceptors (Lipinski definition) is 4. The third-order valence-electron chi connectivity index (χ3n) is 4.68. The molecule has 1 N–H and O–H groups in total. The molecule has 0 radical (unpaired) electrons. The Balaban J connectivity index is 1.62. The molecule has 2 aromatic carbocycles. The van der Waals surface area contributed by atoms with Crippen molar-refractivity contribution in [2.24, 2.45) is 5.10 Å². The number of methoxy groups -OCH3 is 1. The molecule has 1 saturated heterocycles. The molecular weight excluding hydrogens is 326 g/mol. The summed E-state index contributed by atoms with van der Waals surface area (Å²) in [7, 11) is 1.60. The van der Waals surface area contributed by atoms with E-state index in [0.29, 0.717) is 5.56 Å². The fourth-order valence-electron chi connectivity index (χ4n) is 3.07. The minimum Gasteiger partial charge on any atom is -0.497 e. The first-order chi connectivity index (χ1) is 12.7. The number of nitrogens with one attached hydrogen (secondary N) is 1. The van der Waals surface area contributed by atoms with Crippen LogP contribution >= 0.6 is 0 Å². The van der Waals surface area contributed by atoms with Gasteiger partial charge in [-0.2, -0.15) is 5.10 Å². The van der Waals surface area contributed by atoms with Crippen molar-refractivity contribution in [3.63, 3.8) is 0 Å². The molecule has 1 aliphatic rings. The van der Waals surface area contributed by atoms with Gasteiger partial charge in [-0.3, -0.25) is 4.79 Å². The molecule has 5 heteroatoms. The maximum absolute atomic E-state index is 12.2. The lowest BCUT2D eigenvalue weighted by atomic mass is 10.1. The van der Waals surface area contributed by atoms with Crippen LogP contribution in [0, 0.1) is 0 Å². The van der Waals surface area contributed by atoms with Gasteiger partial charge in [0.1, 0.15) is 5.75 Å². The molecule has 1 amide bonds. The first-order valence-electron chi connectivity index (χ1n) is 9.01. The second-order valence-corrected chi connectivity index (χ2v) is 6.46. The summed E-state index contributed by atoms with van der Waals surface area (Å²) in [5.74, 6) is 0.479. The summed E-state index contributed by atoms with van der Waals surface area (Å²) >= 11 is 0. The van der Waals surface area contributed by atoms with E-state index in [2.05, 4.69) is 39.7 Å². The van der Waals surface area contributed by atoms with Crippen LogP contribution in [0.25, 0.3) is 0 Å². The van der Waals surface area contributed by atoms with Crippen molar-refractivity contribution in [1.82, 2.24) is 5.43 Å². The zero-order valence-electron chi connectivity index (χ0n) is 15.4. The largest absolute Gasteiger partial charge is 0.497 e. The molecule has 5 nitrogen and oxygen atoms in total. The molecule has 136 valence electrons. The van der Waals surface area contributed by atoms with Crippen molar-refractivity contribution in [1.29, 1.82) is 0 Å². The van der Waals surface area contributed by atoms with E-state index in [1.165, 1.54) is 24.9 Å². The van der Waals surface area contributed by atoms with Gasteiger partial charge in [0.25, 0.3) is 5.91 Å². The summed E-state index contributed by atoms with van der Waals surface area (Å²) in [6.45, 7) is 4.15. The molecule has 0 bridgehead atoms. The Hall–Kier alpha value is -2.82. The van der Waals surface area contributed by atoms with E-state index >= 15 is 0 Å². The highest BCUT2D eigenvalue weighted by atomic mass is 16.5. The molecule has 0 atom stereocenters. The first kappa shape index (κ1) is 18.0. The lowest BCUT2D eigenvalue weighted by Gasteiger charge is -2.28. The smallest absolute Gasteiger partial charge is 0.271 e. The Morgan fingerprint density at radius 1 is 0.962 bits per heavy atom. The van der Waals surface area contributed by atoms with E-state index in [9.17, 15) is 4.79 Å². The van der Waals surface area contributed by atoms with Gasteiger partial charge >= 0.3 is 0 Å². The van der Waals surface area contributed by atoms with E-state index in [0.717, 1.165) is 30.1 Å². The normalized spacial score (nSPS) is 14.8. The number of ether oxygens (including phenoxy) is 1. The Labute approximate surface area is 154 Å². The van der Waals surface area contributed by atoms with Crippen molar-refractivity contribution < 1.29 is 9.53 Å². The lowest BCUT2D eigenvalue weighted by Crippen LogP contribution is -2.29. The monoisotopic (exact) mass is 351 g/mol. The van der Waals surface area contributed by atoms with Crippen molar-refractivity contribution in [2.75, 3.05) is 25.1 Å². The third kappa shape index (κ3) is 4.42. The number of hydrazone groups is 1. The molecule has 0 saturated carbocycles. The fourth-order valence-corrected chi connectivity index (χ4v) is 3.07. The van der Waals surface area contributed by atoms with Crippen LogP contribution in [0.2, 0.25) is 0 Å². The Kier molecular flexibility index (Phi) is 5.89. The predicted molar refractivity (Wildman–Crippen MR) is 105 cm³/mol. The molecule has 0 aromatic heterocycles. The van der Waals surface area contributed by atoms with E-state index in [-0.39, 0.29) is 5.91 Å². The molecule has 0 spiro atoms. The summed E-state index contributed by atoms with van der Waals surface area (Å²) in [6, 6.07) is 15.3. The number of carbonyl (C=O) groups is 1. The minimum absolute atomic E-state index is 0.239. The maximum atomic E-state index is 12.2. The van der Waals surface area contributed by atoms with Crippen LogP contribution < -0.4 is 15.1 Å². The Morgan fingerprint density at radius 3 is 2.19 bits per heavy atom. The highest BCUT2D eigenvalue weighted by Crippen LogP contribution is 2.20. The fraction of sp³-hybridized carbons (Fsp3) is 0.333. The van der Waals surface area contributed by atoms with Gasteiger partial charge in [-0.05, 0) is 68.1 Å². The molecule has 1 heterocycles. The average molecular weight is 351 g/mol. The van der Waals surface area contributed by atoms with E-state index in [1.54, 1.807) is 31.4 Å². The van der Waals surface area contributed by atoms with Gasteiger partial charge in [-0.1, -0.05) is 12.1 Å². The van der Waals surface area contributed by atoms with Crippen LogP contribution in [-0.4, -0.2) is 31.8 Å². The van der Waals surface area contributed by atoms with Crippen molar-refractivity contribution in [3.8, 4) is 5.75 Å². The van der Waals surface area contributed by atoms with E-state index < -0.39 is 0 Å². The topological polar surface area (TPSA) is 53.9 Å². The predicted octanol–water partition coefficient (Wildman–Crippen LogP) is 3.84. The molecule has 1 aliphatic heterocycles. The van der Waals surface area contributed by atoms with Crippen LogP contribution in [-0.2, 0) is 0 Å². The zero-order chi connectivity index (χ0) is 18.4. The molecule has 2 aromatic rings. The summed E-state index contributed by atoms with van der Waals surface area (Å²) in [5, 5.41) is 4.23. The standard InChI is InChI=1S/C21H25N3O2/c1-16(22-23-21(25)18-8-12-20(26-2)13-9-18)17-6-10-19(11-7-17)24-14-4-3-5-15-24/h6-13H,3-5,14-15H2,1-2H3,(H,23,25)/b22-16+. The van der Waals surface area contributed by atoms with Gasteiger partial charge in [0.2, 0.25) is 0 Å². The molecule has 0 aliphatic carbocycles. The highest BCUT2D eigenvalue weighted by molar-refractivity contribution is 6.01. The summed E-state index contributed by atoms with van der Waals surface area (Å²) in [5.41, 5.74) is 6.18.